The van der Waals surface area contributed by atoms with Crippen molar-refractivity contribution in [1.82, 2.24) is 10.2 Å². The Labute approximate surface area is 97.6 Å². The molecule has 0 aromatic carbocycles. The van der Waals surface area contributed by atoms with Crippen LogP contribution in [0.2, 0.25) is 0 Å². The van der Waals surface area contributed by atoms with E-state index in [0.717, 1.165) is 44.4 Å². The number of amides is 1. The fourth-order valence-electron chi connectivity index (χ4n) is 3.60. The van der Waals surface area contributed by atoms with Gasteiger partial charge in [-0.15, -0.1) is 0 Å². The number of carbonyl (C=O) groups excluding carboxylic acids is 1. The van der Waals surface area contributed by atoms with Crippen LogP contribution in [0.15, 0.2) is 0 Å². The minimum Gasteiger partial charge on any atom is -0.342 e. The number of fused-ring (bicyclic) bond motifs is 1. The van der Waals surface area contributed by atoms with E-state index in [-0.39, 0.29) is 0 Å². The van der Waals surface area contributed by atoms with Crippen LogP contribution in [0.25, 0.3) is 0 Å². The Balaban J connectivity index is 1.50. The van der Waals surface area contributed by atoms with E-state index in [1.54, 1.807) is 0 Å². The van der Waals surface area contributed by atoms with Gasteiger partial charge < -0.3 is 10.2 Å². The van der Waals surface area contributed by atoms with Gasteiger partial charge in [-0.25, -0.2) is 0 Å². The van der Waals surface area contributed by atoms with Crippen LogP contribution in [0.4, 0.5) is 0 Å². The zero-order valence-electron chi connectivity index (χ0n) is 10.1. The van der Waals surface area contributed by atoms with Crippen LogP contribution in [-0.4, -0.2) is 37.0 Å². The molecule has 2 heterocycles. The van der Waals surface area contributed by atoms with Gasteiger partial charge in [-0.1, -0.05) is 6.92 Å². The molecule has 3 nitrogen and oxygen atoms in total. The van der Waals surface area contributed by atoms with Crippen LogP contribution in [0, 0.1) is 23.7 Å². The SMILES string of the molecule is CC1CCCN(C(=O)CC2C3CNCC32)C1. The average molecular weight is 222 g/mol. The molecule has 3 fully saturated rings. The molecule has 0 bridgehead atoms. The lowest BCUT2D eigenvalue weighted by molar-refractivity contribution is -0.133. The van der Waals surface area contributed by atoms with Crippen molar-refractivity contribution in [3.63, 3.8) is 0 Å². The van der Waals surface area contributed by atoms with Gasteiger partial charge in [-0.05, 0) is 49.6 Å². The highest BCUT2D eigenvalue weighted by molar-refractivity contribution is 5.77. The summed E-state index contributed by atoms with van der Waals surface area (Å²) >= 11 is 0. The molecule has 3 heteroatoms. The second-order valence-corrected chi connectivity index (χ2v) is 5.94. The highest BCUT2D eigenvalue weighted by Gasteiger charge is 2.53. The van der Waals surface area contributed by atoms with E-state index in [2.05, 4.69) is 17.1 Å². The molecule has 0 aromatic rings. The molecule has 0 spiro atoms. The number of hydrogen-bond acceptors (Lipinski definition) is 2. The molecule has 16 heavy (non-hydrogen) atoms. The van der Waals surface area contributed by atoms with Crippen LogP contribution >= 0.6 is 0 Å². The van der Waals surface area contributed by atoms with Gasteiger partial charge in [-0.3, -0.25) is 4.79 Å². The second kappa shape index (κ2) is 4.02. The van der Waals surface area contributed by atoms with Crippen LogP contribution < -0.4 is 5.32 Å². The lowest BCUT2D eigenvalue weighted by atomic mass is 9.99. The zero-order valence-corrected chi connectivity index (χ0v) is 10.1. The Bertz CT molecular complexity index is 282. The van der Waals surface area contributed by atoms with Crippen molar-refractivity contribution in [2.24, 2.45) is 23.7 Å². The summed E-state index contributed by atoms with van der Waals surface area (Å²) in [5.41, 5.74) is 0. The number of hydrogen-bond donors (Lipinski definition) is 1. The summed E-state index contributed by atoms with van der Waals surface area (Å²) in [6.45, 7) is 6.57. The molecule has 2 saturated heterocycles. The normalized spacial score (nSPS) is 41.9. The molecule has 1 amide bonds. The number of likely N-dealkylation sites (tertiary alicyclic amines) is 1. The molecule has 1 N–H and O–H groups in total. The van der Waals surface area contributed by atoms with Crippen molar-refractivity contribution in [1.29, 1.82) is 0 Å². The minimum atomic E-state index is 0.422. The third kappa shape index (κ3) is 1.86. The number of nitrogens with zero attached hydrogens (tertiary/aromatic N) is 1. The molecule has 2 aliphatic heterocycles. The summed E-state index contributed by atoms with van der Waals surface area (Å²) in [5, 5.41) is 3.39. The van der Waals surface area contributed by atoms with Gasteiger partial charge >= 0.3 is 0 Å². The van der Waals surface area contributed by atoms with Crippen LogP contribution in [0.1, 0.15) is 26.2 Å². The molecular formula is C13H22N2O. The summed E-state index contributed by atoms with van der Waals surface area (Å²) in [6.07, 6.45) is 3.32. The summed E-state index contributed by atoms with van der Waals surface area (Å²) in [6, 6.07) is 0. The van der Waals surface area contributed by atoms with E-state index in [4.69, 9.17) is 0 Å². The highest BCUT2D eigenvalue weighted by atomic mass is 16.2. The standard InChI is InChI=1S/C13H22N2O/c1-9-3-2-4-15(8-9)13(16)5-10-11-6-14-7-12(10)11/h9-12,14H,2-8H2,1H3. The number of carbonyl (C=O) groups is 1. The van der Waals surface area contributed by atoms with E-state index in [1.807, 2.05) is 0 Å². The molecule has 0 radical (unpaired) electrons. The predicted molar refractivity (Wildman–Crippen MR) is 62.9 cm³/mol. The quantitative estimate of drug-likeness (QED) is 0.759. The second-order valence-electron chi connectivity index (χ2n) is 5.94. The van der Waals surface area contributed by atoms with Crippen molar-refractivity contribution >= 4 is 5.91 Å². The Hall–Kier alpha value is -0.570. The van der Waals surface area contributed by atoms with Crippen molar-refractivity contribution in [3.05, 3.63) is 0 Å². The Morgan fingerprint density at radius 3 is 2.81 bits per heavy atom. The Morgan fingerprint density at radius 1 is 1.38 bits per heavy atom. The first-order chi connectivity index (χ1) is 7.75. The molecule has 3 atom stereocenters. The first kappa shape index (κ1) is 10.6. The molecule has 1 saturated carbocycles. The molecule has 3 unspecified atom stereocenters. The summed E-state index contributed by atoms with van der Waals surface area (Å²) in [4.78, 5) is 14.2. The maximum atomic E-state index is 12.1. The fourth-order valence-corrected chi connectivity index (χ4v) is 3.60. The van der Waals surface area contributed by atoms with E-state index in [1.165, 1.54) is 12.8 Å². The first-order valence-corrected chi connectivity index (χ1v) is 6.74. The lowest BCUT2D eigenvalue weighted by Crippen LogP contribution is -2.39. The van der Waals surface area contributed by atoms with Crippen LogP contribution in [0.3, 0.4) is 0 Å². The van der Waals surface area contributed by atoms with E-state index in [0.29, 0.717) is 17.7 Å². The van der Waals surface area contributed by atoms with Crippen LogP contribution in [-0.2, 0) is 4.79 Å². The topological polar surface area (TPSA) is 32.3 Å². The monoisotopic (exact) mass is 222 g/mol. The third-order valence-electron chi connectivity index (χ3n) is 4.69. The molecule has 1 aliphatic carbocycles. The van der Waals surface area contributed by atoms with Crippen molar-refractivity contribution in [3.8, 4) is 0 Å². The minimum absolute atomic E-state index is 0.422. The maximum absolute atomic E-state index is 12.1. The van der Waals surface area contributed by atoms with Crippen LogP contribution in [0.5, 0.6) is 0 Å². The summed E-state index contributed by atoms with van der Waals surface area (Å²) in [5.74, 6) is 3.49. The average Bonchev–Trinajstić information content (AvgIpc) is 2.74. The first-order valence-electron chi connectivity index (χ1n) is 6.74. The lowest BCUT2D eigenvalue weighted by Gasteiger charge is -2.31. The Morgan fingerprint density at radius 2 is 2.12 bits per heavy atom. The fraction of sp³-hybridized carbons (Fsp3) is 0.923. The number of nitrogens with one attached hydrogen (secondary N) is 1. The van der Waals surface area contributed by atoms with Crippen molar-refractivity contribution in [2.75, 3.05) is 26.2 Å². The zero-order chi connectivity index (χ0) is 11.1. The van der Waals surface area contributed by atoms with Crippen molar-refractivity contribution < 1.29 is 4.79 Å². The van der Waals surface area contributed by atoms with E-state index in [9.17, 15) is 4.79 Å². The summed E-state index contributed by atoms with van der Waals surface area (Å²) < 4.78 is 0. The Kier molecular flexibility index (Phi) is 2.66. The molecule has 3 rings (SSSR count). The predicted octanol–water partition coefficient (Wildman–Crippen LogP) is 1.10. The maximum Gasteiger partial charge on any atom is 0.222 e. The van der Waals surface area contributed by atoms with Gasteiger partial charge in [0, 0.05) is 19.5 Å². The molecule has 3 aliphatic rings. The van der Waals surface area contributed by atoms with Gasteiger partial charge in [0.05, 0.1) is 0 Å². The van der Waals surface area contributed by atoms with Gasteiger partial charge in [0.15, 0.2) is 0 Å². The van der Waals surface area contributed by atoms with Gasteiger partial charge in [-0.2, -0.15) is 0 Å². The third-order valence-corrected chi connectivity index (χ3v) is 4.69. The smallest absolute Gasteiger partial charge is 0.222 e. The van der Waals surface area contributed by atoms with E-state index >= 15 is 0 Å². The summed E-state index contributed by atoms with van der Waals surface area (Å²) in [7, 11) is 0. The van der Waals surface area contributed by atoms with E-state index < -0.39 is 0 Å². The largest absolute Gasteiger partial charge is 0.342 e. The molecular weight excluding hydrogens is 200 g/mol. The molecule has 0 aromatic heterocycles. The number of rotatable bonds is 2. The number of piperidine rings is 2. The van der Waals surface area contributed by atoms with Gasteiger partial charge in [0.2, 0.25) is 5.91 Å². The highest BCUT2D eigenvalue weighted by Crippen LogP contribution is 2.50. The molecule has 90 valence electrons. The van der Waals surface area contributed by atoms with Gasteiger partial charge in [0.1, 0.15) is 0 Å². The van der Waals surface area contributed by atoms with Gasteiger partial charge in [0.25, 0.3) is 0 Å². The van der Waals surface area contributed by atoms with Crippen molar-refractivity contribution in [2.45, 2.75) is 26.2 Å².